The molecule has 1 aliphatic heterocycles. The van der Waals surface area contributed by atoms with Crippen LogP contribution in [0.25, 0.3) is 0 Å². The summed E-state index contributed by atoms with van der Waals surface area (Å²) in [6.07, 6.45) is 0. The highest BCUT2D eigenvalue weighted by Gasteiger charge is 2.33. The molecule has 1 heterocycles. The number of nitrogens with one attached hydrogen (secondary N) is 1. The third-order valence-corrected chi connectivity index (χ3v) is 6.09. The van der Waals surface area contributed by atoms with Gasteiger partial charge >= 0.3 is 0 Å². The van der Waals surface area contributed by atoms with Crippen molar-refractivity contribution in [1.82, 2.24) is 10.2 Å². The molecular formula is C17H26N2O3S. The number of rotatable bonds is 5. The van der Waals surface area contributed by atoms with E-state index in [9.17, 15) is 13.2 Å². The van der Waals surface area contributed by atoms with Crippen LogP contribution in [0.4, 0.5) is 0 Å². The molecule has 0 spiro atoms. The zero-order valence-electron chi connectivity index (χ0n) is 14.0. The minimum Gasteiger partial charge on any atom is -0.352 e. The zero-order chi connectivity index (χ0) is 17.0. The van der Waals surface area contributed by atoms with E-state index in [1.165, 1.54) is 0 Å². The molecule has 1 fully saturated rings. The quantitative estimate of drug-likeness (QED) is 0.886. The zero-order valence-corrected chi connectivity index (χ0v) is 14.8. The van der Waals surface area contributed by atoms with E-state index in [-0.39, 0.29) is 23.5 Å². The molecule has 0 saturated carbocycles. The Balaban J connectivity index is 2.21. The molecule has 1 amide bonds. The van der Waals surface area contributed by atoms with E-state index in [0.717, 1.165) is 5.56 Å². The van der Waals surface area contributed by atoms with Gasteiger partial charge in [-0.05, 0) is 18.4 Å². The molecule has 2 rings (SSSR count). The summed E-state index contributed by atoms with van der Waals surface area (Å²) in [5.41, 5.74) is 0.903. The monoisotopic (exact) mass is 338 g/mol. The Labute approximate surface area is 139 Å². The Hall–Kier alpha value is -1.40. The topological polar surface area (TPSA) is 66.5 Å². The van der Waals surface area contributed by atoms with Crippen LogP contribution in [0, 0.1) is 5.92 Å². The lowest BCUT2D eigenvalue weighted by Crippen LogP contribution is -2.49. The predicted octanol–water partition coefficient (Wildman–Crippen LogP) is 1.62. The van der Waals surface area contributed by atoms with Gasteiger partial charge in [-0.1, -0.05) is 44.2 Å². The second-order valence-corrected chi connectivity index (χ2v) is 8.85. The van der Waals surface area contributed by atoms with Crippen molar-refractivity contribution >= 4 is 15.7 Å². The van der Waals surface area contributed by atoms with Crippen molar-refractivity contribution in [3.63, 3.8) is 0 Å². The van der Waals surface area contributed by atoms with Crippen LogP contribution in [-0.4, -0.2) is 49.9 Å². The lowest BCUT2D eigenvalue weighted by atomic mass is 10.0. The van der Waals surface area contributed by atoms with Gasteiger partial charge in [-0.3, -0.25) is 9.69 Å². The predicted molar refractivity (Wildman–Crippen MR) is 91.9 cm³/mol. The van der Waals surface area contributed by atoms with E-state index in [2.05, 4.69) is 19.2 Å². The number of hydrogen-bond acceptors (Lipinski definition) is 4. The number of carbonyl (C=O) groups is 1. The summed E-state index contributed by atoms with van der Waals surface area (Å²) >= 11 is 0. The highest BCUT2D eigenvalue weighted by atomic mass is 32.2. The van der Waals surface area contributed by atoms with E-state index in [0.29, 0.717) is 19.0 Å². The first-order chi connectivity index (χ1) is 10.8. The number of sulfone groups is 1. The highest BCUT2D eigenvalue weighted by molar-refractivity contribution is 7.91. The van der Waals surface area contributed by atoms with Crippen LogP contribution in [0.15, 0.2) is 30.3 Å². The molecule has 2 unspecified atom stereocenters. The molecule has 128 valence electrons. The molecule has 6 heteroatoms. The van der Waals surface area contributed by atoms with Gasteiger partial charge < -0.3 is 5.32 Å². The van der Waals surface area contributed by atoms with Crippen LogP contribution in [0.5, 0.6) is 0 Å². The summed E-state index contributed by atoms with van der Waals surface area (Å²) < 4.78 is 23.3. The maximum absolute atomic E-state index is 12.8. The molecule has 2 atom stereocenters. The largest absolute Gasteiger partial charge is 0.352 e. The summed E-state index contributed by atoms with van der Waals surface area (Å²) in [5.74, 6) is 0.515. The standard InChI is InChI=1S/C17H26N2O3S/c1-13(2)14(3)18-17(20)16(15-7-5-4-6-8-15)19-9-11-23(21,22)12-10-19/h4-8,13-14,16H,9-12H2,1-3H3,(H,18,20). The van der Waals surface area contributed by atoms with E-state index in [1.807, 2.05) is 42.2 Å². The van der Waals surface area contributed by atoms with Crippen molar-refractivity contribution in [2.24, 2.45) is 5.92 Å². The minimum absolute atomic E-state index is 0.0586. The normalized spacial score (nSPS) is 20.9. The van der Waals surface area contributed by atoms with E-state index >= 15 is 0 Å². The lowest BCUT2D eigenvalue weighted by Gasteiger charge is -2.34. The number of hydrogen-bond donors (Lipinski definition) is 1. The maximum Gasteiger partial charge on any atom is 0.242 e. The minimum atomic E-state index is -2.97. The lowest BCUT2D eigenvalue weighted by molar-refractivity contribution is -0.127. The average molecular weight is 338 g/mol. The van der Waals surface area contributed by atoms with Gasteiger partial charge in [0.2, 0.25) is 5.91 Å². The first-order valence-electron chi connectivity index (χ1n) is 8.10. The van der Waals surface area contributed by atoms with Crippen molar-refractivity contribution < 1.29 is 13.2 Å². The van der Waals surface area contributed by atoms with E-state index in [4.69, 9.17) is 0 Å². The van der Waals surface area contributed by atoms with Crippen LogP contribution in [0.2, 0.25) is 0 Å². The first-order valence-corrected chi connectivity index (χ1v) is 9.92. The van der Waals surface area contributed by atoms with Crippen LogP contribution in [0.3, 0.4) is 0 Å². The second-order valence-electron chi connectivity index (χ2n) is 6.54. The summed E-state index contributed by atoms with van der Waals surface area (Å²) in [5, 5.41) is 3.07. The van der Waals surface area contributed by atoms with Gasteiger partial charge in [-0.2, -0.15) is 0 Å². The molecule has 1 aromatic rings. The molecule has 1 aromatic carbocycles. The molecule has 1 saturated heterocycles. The molecule has 0 radical (unpaired) electrons. The number of nitrogens with zero attached hydrogens (tertiary/aromatic N) is 1. The Bertz CT molecular complexity index is 614. The Kier molecular flexibility index (Phi) is 5.81. The highest BCUT2D eigenvalue weighted by Crippen LogP contribution is 2.23. The first kappa shape index (κ1) is 17.9. The van der Waals surface area contributed by atoms with Crippen molar-refractivity contribution in [3.8, 4) is 0 Å². The number of benzene rings is 1. The van der Waals surface area contributed by atoms with E-state index in [1.54, 1.807) is 0 Å². The van der Waals surface area contributed by atoms with E-state index < -0.39 is 15.9 Å². The van der Waals surface area contributed by atoms with Crippen molar-refractivity contribution in [2.45, 2.75) is 32.9 Å². The summed E-state index contributed by atoms with van der Waals surface area (Å²) in [4.78, 5) is 14.8. The van der Waals surface area contributed by atoms with Gasteiger partial charge in [0.25, 0.3) is 0 Å². The third kappa shape index (κ3) is 4.78. The fourth-order valence-corrected chi connectivity index (χ4v) is 3.85. The smallest absolute Gasteiger partial charge is 0.242 e. The molecule has 1 N–H and O–H groups in total. The van der Waals surface area contributed by atoms with Crippen molar-refractivity contribution in [2.75, 3.05) is 24.6 Å². The Morgan fingerprint density at radius 3 is 2.17 bits per heavy atom. The molecule has 23 heavy (non-hydrogen) atoms. The van der Waals surface area contributed by atoms with Gasteiger partial charge in [-0.25, -0.2) is 8.42 Å². The van der Waals surface area contributed by atoms with Gasteiger partial charge in [0.05, 0.1) is 11.5 Å². The fourth-order valence-electron chi connectivity index (χ4n) is 2.62. The van der Waals surface area contributed by atoms with Gasteiger partial charge in [-0.15, -0.1) is 0 Å². The van der Waals surface area contributed by atoms with Crippen LogP contribution >= 0.6 is 0 Å². The molecule has 0 aromatic heterocycles. The average Bonchev–Trinajstić information content (AvgIpc) is 2.50. The van der Waals surface area contributed by atoms with Crippen molar-refractivity contribution in [1.29, 1.82) is 0 Å². The molecular weight excluding hydrogens is 312 g/mol. The summed E-state index contributed by atoms with van der Waals surface area (Å²) in [6.45, 7) is 6.91. The SMILES string of the molecule is CC(C)C(C)NC(=O)C(c1ccccc1)N1CCS(=O)(=O)CC1. The second kappa shape index (κ2) is 7.45. The fraction of sp³-hybridized carbons (Fsp3) is 0.588. The molecule has 1 aliphatic rings. The number of carbonyl (C=O) groups excluding carboxylic acids is 1. The van der Waals surface area contributed by atoms with Crippen molar-refractivity contribution in [3.05, 3.63) is 35.9 Å². The molecule has 0 aliphatic carbocycles. The molecule has 5 nitrogen and oxygen atoms in total. The van der Waals surface area contributed by atoms with Gasteiger partial charge in [0, 0.05) is 19.1 Å². The third-order valence-electron chi connectivity index (χ3n) is 4.48. The van der Waals surface area contributed by atoms with Gasteiger partial charge in [0.1, 0.15) is 6.04 Å². The van der Waals surface area contributed by atoms with Crippen LogP contribution < -0.4 is 5.32 Å². The number of amides is 1. The molecule has 0 bridgehead atoms. The maximum atomic E-state index is 12.8. The van der Waals surface area contributed by atoms with Crippen LogP contribution in [0.1, 0.15) is 32.4 Å². The Morgan fingerprint density at radius 2 is 1.65 bits per heavy atom. The van der Waals surface area contributed by atoms with Gasteiger partial charge in [0.15, 0.2) is 9.84 Å². The Morgan fingerprint density at radius 1 is 1.09 bits per heavy atom. The summed E-state index contributed by atoms with van der Waals surface area (Å²) in [6, 6.07) is 9.20. The summed E-state index contributed by atoms with van der Waals surface area (Å²) in [7, 11) is -2.97. The van der Waals surface area contributed by atoms with Crippen LogP contribution in [-0.2, 0) is 14.6 Å².